The summed E-state index contributed by atoms with van der Waals surface area (Å²) in [5.74, 6) is 0.121. The first-order chi connectivity index (χ1) is 13.5. The minimum Gasteiger partial charge on any atom is -0.492 e. The third-order valence-corrected chi connectivity index (χ3v) is 7.27. The van der Waals surface area contributed by atoms with E-state index in [2.05, 4.69) is 14.7 Å². The topological polar surface area (TPSA) is 141 Å². The summed E-state index contributed by atoms with van der Waals surface area (Å²) in [6, 6.07) is 8.11. The fourth-order valence-corrected chi connectivity index (χ4v) is 4.76. The summed E-state index contributed by atoms with van der Waals surface area (Å²) in [4.78, 5) is 16.1. The van der Waals surface area contributed by atoms with Gasteiger partial charge in [-0.25, -0.2) is 25.9 Å². The summed E-state index contributed by atoms with van der Waals surface area (Å²) in [5.41, 5.74) is 0.402. The van der Waals surface area contributed by atoms with Gasteiger partial charge in [0.25, 0.3) is 10.0 Å². The number of aromatic nitrogens is 2. The highest BCUT2D eigenvalue weighted by atomic mass is 32.2. The van der Waals surface area contributed by atoms with E-state index in [1.807, 2.05) is 0 Å². The highest BCUT2D eigenvalue weighted by Crippen LogP contribution is 2.30. The lowest BCUT2D eigenvalue weighted by atomic mass is 10.3. The third-order valence-electron chi connectivity index (χ3n) is 4.05. The van der Waals surface area contributed by atoms with Gasteiger partial charge in [0.15, 0.2) is 0 Å². The van der Waals surface area contributed by atoms with E-state index in [1.54, 1.807) is 6.92 Å². The van der Waals surface area contributed by atoms with Crippen LogP contribution >= 0.6 is 0 Å². The normalized spacial score (nSPS) is 12.4. The largest absolute Gasteiger partial charge is 0.492 e. The quantitative estimate of drug-likeness (QED) is 0.506. The molecule has 156 valence electrons. The molecule has 3 aromatic rings. The molecule has 0 saturated carbocycles. The van der Waals surface area contributed by atoms with E-state index < -0.39 is 25.7 Å². The minimum atomic E-state index is -4.04. The molecule has 0 fully saturated rings. The van der Waals surface area contributed by atoms with Crippen molar-refractivity contribution in [2.24, 2.45) is 0 Å². The first-order valence-electron chi connectivity index (χ1n) is 8.49. The molecular weight excluding hydrogens is 420 g/mol. The summed E-state index contributed by atoms with van der Waals surface area (Å²) in [5, 5.41) is 0. The molecule has 1 aromatic heterocycles. The zero-order chi connectivity index (χ0) is 21.4. The molecule has 12 heteroatoms. The van der Waals surface area contributed by atoms with Crippen LogP contribution in [0.5, 0.6) is 5.75 Å². The number of anilines is 1. The molecule has 0 atom stereocenters. The molecule has 0 unspecified atom stereocenters. The number of hydrogen-bond donors (Lipinski definition) is 3. The fraction of sp³-hybridized carbons (Fsp3) is 0.235. The third kappa shape index (κ3) is 4.13. The lowest BCUT2D eigenvalue weighted by molar-refractivity contribution is 0.330. The lowest BCUT2D eigenvalue weighted by Crippen LogP contribution is -2.23. The van der Waals surface area contributed by atoms with Crippen molar-refractivity contribution in [1.82, 2.24) is 14.3 Å². The van der Waals surface area contributed by atoms with Gasteiger partial charge in [-0.1, -0.05) is 0 Å². The van der Waals surface area contributed by atoms with Gasteiger partial charge in [0.2, 0.25) is 10.0 Å². The SMILES string of the molecule is CCOc1ccc(NS(=O)(=O)c2ccc3[nH]c(=O)[nH]c3c2)cc1S(=O)(=O)N(C)C. The van der Waals surface area contributed by atoms with Crippen molar-refractivity contribution < 1.29 is 21.6 Å². The number of aromatic amines is 2. The molecule has 0 aliphatic carbocycles. The molecule has 0 saturated heterocycles. The van der Waals surface area contributed by atoms with Crippen molar-refractivity contribution in [2.75, 3.05) is 25.4 Å². The second-order valence-electron chi connectivity index (χ2n) is 6.27. The highest BCUT2D eigenvalue weighted by Gasteiger charge is 2.24. The van der Waals surface area contributed by atoms with Gasteiger partial charge in [-0.3, -0.25) is 4.72 Å². The Bertz CT molecular complexity index is 1320. The molecule has 0 amide bonds. The Hall–Kier alpha value is -2.83. The Morgan fingerprint density at radius 2 is 1.69 bits per heavy atom. The van der Waals surface area contributed by atoms with Gasteiger partial charge < -0.3 is 14.7 Å². The van der Waals surface area contributed by atoms with Crippen LogP contribution in [0.4, 0.5) is 5.69 Å². The zero-order valence-electron chi connectivity index (χ0n) is 15.9. The number of H-pyrrole nitrogens is 2. The predicted molar refractivity (Wildman–Crippen MR) is 108 cm³/mol. The van der Waals surface area contributed by atoms with Crippen molar-refractivity contribution in [2.45, 2.75) is 16.7 Å². The summed E-state index contributed by atoms with van der Waals surface area (Å²) in [6.07, 6.45) is 0. The Balaban J connectivity index is 2.02. The van der Waals surface area contributed by atoms with Gasteiger partial charge in [-0.05, 0) is 43.3 Å². The Kier molecular flexibility index (Phi) is 5.43. The van der Waals surface area contributed by atoms with Gasteiger partial charge in [0.1, 0.15) is 10.6 Å². The van der Waals surface area contributed by atoms with Gasteiger partial charge >= 0.3 is 5.69 Å². The number of rotatable bonds is 7. The summed E-state index contributed by atoms with van der Waals surface area (Å²) in [7, 11) is -5.17. The standard InChI is InChI=1S/C17H20N4O6S2/c1-4-27-15-8-5-11(9-16(15)29(25,26)21(2)3)20-28(23,24)12-6-7-13-14(10-12)19-17(22)18-13/h5-10,20H,4H2,1-3H3,(H2,18,19,22). The second-order valence-corrected chi connectivity index (χ2v) is 10.1. The molecule has 0 radical (unpaired) electrons. The molecule has 0 aliphatic rings. The van der Waals surface area contributed by atoms with Crippen LogP contribution in [-0.4, -0.2) is 51.8 Å². The molecular formula is C17H20N4O6S2. The van der Waals surface area contributed by atoms with E-state index in [4.69, 9.17) is 4.74 Å². The van der Waals surface area contributed by atoms with Crippen LogP contribution in [0.1, 0.15) is 6.92 Å². The number of imidazole rings is 1. The zero-order valence-corrected chi connectivity index (χ0v) is 17.5. The van der Waals surface area contributed by atoms with Crippen LogP contribution in [-0.2, 0) is 20.0 Å². The average molecular weight is 441 g/mol. The highest BCUT2D eigenvalue weighted by molar-refractivity contribution is 7.92. The molecule has 0 bridgehead atoms. The average Bonchev–Trinajstić information content (AvgIpc) is 3.01. The van der Waals surface area contributed by atoms with Crippen LogP contribution in [0.3, 0.4) is 0 Å². The van der Waals surface area contributed by atoms with E-state index >= 15 is 0 Å². The Morgan fingerprint density at radius 1 is 1.00 bits per heavy atom. The number of sulfonamides is 2. The number of hydrogen-bond acceptors (Lipinski definition) is 6. The summed E-state index contributed by atoms with van der Waals surface area (Å²) >= 11 is 0. The van der Waals surface area contributed by atoms with E-state index in [1.165, 1.54) is 50.5 Å². The van der Waals surface area contributed by atoms with E-state index in [0.717, 1.165) is 4.31 Å². The van der Waals surface area contributed by atoms with E-state index in [9.17, 15) is 21.6 Å². The number of benzene rings is 2. The van der Waals surface area contributed by atoms with Crippen molar-refractivity contribution in [3.05, 3.63) is 46.9 Å². The van der Waals surface area contributed by atoms with Crippen LogP contribution in [0.2, 0.25) is 0 Å². The maximum absolute atomic E-state index is 12.8. The predicted octanol–water partition coefficient (Wildman–Crippen LogP) is 1.31. The van der Waals surface area contributed by atoms with Gasteiger partial charge in [-0.2, -0.15) is 0 Å². The van der Waals surface area contributed by atoms with E-state index in [-0.39, 0.29) is 27.8 Å². The maximum Gasteiger partial charge on any atom is 0.323 e. The lowest BCUT2D eigenvalue weighted by Gasteiger charge is -2.17. The molecule has 0 aliphatic heterocycles. The molecule has 10 nitrogen and oxygen atoms in total. The van der Waals surface area contributed by atoms with Gasteiger partial charge in [0.05, 0.1) is 28.2 Å². The van der Waals surface area contributed by atoms with Crippen molar-refractivity contribution in [1.29, 1.82) is 0 Å². The molecule has 3 N–H and O–H groups in total. The molecule has 3 rings (SSSR count). The molecule has 1 heterocycles. The number of nitrogens with zero attached hydrogens (tertiary/aromatic N) is 1. The first-order valence-corrected chi connectivity index (χ1v) is 11.4. The number of ether oxygens (including phenoxy) is 1. The van der Waals surface area contributed by atoms with Gasteiger partial charge in [0, 0.05) is 14.1 Å². The minimum absolute atomic E-state index is 0.0523. The molecule has 0 spiro atoms. The Morgan fingerprint density at radius 3 is 2.34 bits per heavy atom. The number of fused-ring (bicyclic) bond motifs is 1. The molecule has 29 heavy (non-hydrogen) atoms. The van der Waals surface area contributed by atoms with Crippen LogP contribution < -0.4 is 15.1 Å². The fourth-order valence-electron chi connectivity index (χ4n) is 2.64. The van der Waals surface area contributed by atoms with E-state index in [0.29, 0.717) is 11.0 Å². The first kappa shape index (κ1) is 20.9. The summed E-state index contributed by atoms with van der Waals surface area (Å²) in [6.45, 7) is 1.96. The van der Waals surface area contributed by atoms with Gasteiger partial charge in [-0.15, -0.1) is 0 Å². The maximum atomic E-state index is 12.8. The van der Waals surface area contributed by atoms with Crippen molar-refractivity contribution in [3.63, 3.8) is 0 Å². The van der Waals surface area contributed by atoms with Crippen molar-refractivity contribution >= 4 is 36.8 Å². The number of nitrogens with one attached hydrogen (secondary N) is 3. The smallest absolute Gasteiger partial charge is 0.323 e. The van der Waals surface area contributed by atoms with Crippen LogP contribution in [0.25, 0.3) is 11.0 Å². The molecule has 2 aromatic carbocycles. The second kappa shape index (κ2) is 7.54. The summed E-state index contributed by atoms with van der Waals surface area (Å²) < 4.78 is 59.4. The van der Waals surface area contributed by atoms with Crippen LogP contribution in [0.15, 0.2) is 51.0 Å². The van der Waals surface area contributed by atoms with Crippen molar-refractivity contribution in [3.8, 4) is 5.75 Å². The monoisotopic (exact) mass is 440 g/mol. The Labute approximate surface area is 167 Å². The van der Waals surface area contributed by atoms with Crippen LogP contribution in [0, 0.1) is 0 Å².